The van der Waals surface area contributed by atoms with E-state index in [2.05, 4.69) is 5.32 Å². The van der Waals surface area contributed by atoms with Crippen molar-refractivity contribution in [1.29, 1.82) is 0 Å². The standard InChI is InChI=1S/C16H26F3NO3/c1-15(2,3)8-7-12(14(22)23)20-13(21)10-5-4-6-11(9-10)16(17,18)19/h10-12H,4-9H2,1-3H3,(H,20,21)(H,22,23). The van der Waals surface area contributed by atoms with Gasteiger partial charge < -0.3 is 10.4 Å². The second-order valence-electron chi connectivity index (χ2n) is 7.60. The molecular formula is C16H26F3NO3. The predicted molar refractivity (Wildman–Crippen MR) is 79.8 cm³/mol. The molecule has 1 amide bonds. The van der Waals surface area contributed by atoms with E-state index in [0.717, 1.165) is 0 Å². The maximum Gasteiger partial charge on any atom is 0.391 e. The van der Waals surface area contributed by atoms with Crippen LogP contribution in [0.2, 0.25) is 0 Å². The van der Waals surface area contributed by atoms with Crippen molar-refractivity contribution in [2.24, 2.45) is 17.3 Å². The average Bonchev–Trinajstić information content (AvgIpc) is 2.41. The van der Waals surface area contributed by atoms with Crippen molar-refractivity contribution in [3.63, 3.8) is 0 Å². The molecular weight excluding hydrogens is 311 g/mol. The smallest absolute Gasteiger partial charge is 0.391 e. The fraction of sp³-hybridized carbons (Fsp3) is 0.875. The normalized spacial score (nSPS) is 24.1. The molecule has 4 nitrogen and oxygen atoms in total. The molecule has 0 spiro atoms. The molecule has 1 aliphatic carbocycles. The number of carbonyl (C=O) groups is 2. The molecule has 0 aliphatic heterocycles. The van der Waals surface area contributed by atoms with Crippen LogP contribution < -0.4 is 5.32 Å². The number of carbonyl (C=O) groups excluding carboxylic acids is 1. The monoisotopic (exact) mass is 337 g/mol. The summed E-state index contributed by atoms with van der Waals surface area (Å²) in [6, 6.07) is -1.05. The molecule has 0 aromatic heterocycles. The number of hydrogen-bond donors (Lipinski definition) is 2. The van der Waals surface area contributed by atoms with Crippen molar-refractivity contribution in [1.82, 2.24) is 5.32 Å². The molecule has 3 atom stereocenters. The Morgan fingerprint density at radius 2 is 1.83 bits per heavy atom. The molecule has 1 aliphatic rings. The number of aliphatic carboxylic acids is 1. The molecule has 23 heavy (non-hydrogen) atoms. The highest BCUT2D eigenvalue weighted by Gasteiger charge is 2.43. The second-order valence-corrected chi connectivity index (χ2v) is 7.60. The lowest BCUT2D eigenvalue weighted by molar-refractivity contribution is -0.186. The zero-order valence-corrected chi connectivity index (χ0v) is 13.9. The third kappa shape index (κ3) is 6.79. The van der Waals surface area contributed by atoms with Crippen LogP contribution in [0.5, 0.6) is 0 Å². The Labute approximate surface area is 134 Å². The van der Waals surface area contributed by atoms with Crippen LogP contribution in [0.4, 0.5) is 13.2 Å². The first-order chi connectivity index (χ1) is 10.4. The molecule has 1 fully saturated rings. The maximum absolute atomic E-state index is 12.8. The van der Waals surface area contributed by atoms with E-state index < -0.39 is 35.9 Å². The van der Waals surface area contributed by atoms with E-state index in [-0.39, 0.29) is 24.7 Å². The minimum absolute atomic E-state index is 0.0413. The topological polar surface area (TPSA) is 66.4 Å². The summed E-state index contributed by atoms with van der Waals surface area (Å²) in [5.41, 5.74) is -0.0787. The fourth-order valence-electron chi connectivity index (χ4n) is 2.85. The zero-order valence-electron chi connectivity index (χ0n) is 13.9. The lowest BCUT2D eigenvalue weighted by atomic mass is 9.80. The molecule has 0 bridgehead atoms. The molecule has 0 heterocycles. The van der Waals surface area contributed by atoms with Crippen molar-refractivity contribution in [3.8, 4) is 0 Å². The fourth-order valence-corrected chi connectivity index (χ4v) is 2.85. The number of hydrogen-bond acceptors (Lipinski definition) is 2. The zero-order chi connectivity index (χ0) is 17.8. The molecule has 1 saturated carbocycles. The Kier molecular flexibility index (Phi) is 6.48. The minimum Gasteiger partial charge on any atom is -0.480 e. The van der Waals surface area contributed by atoms with E-state index in [1.54, 1.807) is 0 Å². The van der Waals surface area contributed by atoms with Crippen LogP contribution in [0.3, 0.4) is 0 Å². The first-order valence-corrected chi connectivity index (χ1v) is 8.00. The number of alkyl halides is 3. The lowest BCUT2D eigenvalue weighted by Gasteiger charge is -2.30. The highest BCUT2D eigenvalue weighted by molar-refractivity contribution is 5.85. The summed E-state index contributed by atoms with van der Waals surface area (Å²) in [5.74, 6) is -3.94. The highest BCUT2D eigenvalue weighted by Crippen LogP contribution is 2.40. The van der Waals surface area contributed by atoms with Crippen molar-refractivity contribution in [2.75, 3.05) is 0 Å². The van der Waals surface area contributed by atoms with Crippen molar-refractivity contribution >= 4 is 11.9 Å². The molecule has 0 saturated heterocycles. The summed E-state index contributed by atoms with van der Waals surface area (Å²) < 4.78 is 38.4. The van der Waals surface area contributed by atoms with Gasteiger partial charge in [0.2, 0.25) is 5.91 Å². The number of halogens is 3. The van der Waals surface area contributed by atoms with E-state index in [1.807, 2.05) is 20.8 Å². The van der Waals surface area contributed by atoms with E-state index in [9.17, 15) is 27.9 Å². The van der Waals surface area contributed by atoms with Gasteiger partial charge in [0.25, 0.3) is 0 Å². The first-order valence-electron chi connectivity index (χ1n) is 8.00. The Morgan fingerprint density at radius 1 is 1.22 bits per heavy atom. The molecule has 0 aromatic carbocycles. The molecule has 7 heteroatoms. The van der Waals surface area contributed by atoms with Gasteiger partial charge in [0, 0.05) is 5.92 Å². The predicted octanol–water partition coefficient (Wildman–Crippen LogP) is 3.75. The van der Waals surface area contributed by atoms with Crippen molar-refractivity contribution in [2.45, 2.75) is 71.5 Å². The van der Waals surface area contributed by atoms with Gasteiger partial charge in [0.1, 0.15) is 6.04 Å². The summed E-state index contributed by atoms with van der Waals surface area (Å²) in [7, 11) is 0. The third-order valence-electron chi connectivity index (χ3n) is 4.31. The second kappa shape index (κ2) is 7.53. The highest BCUT2D eigenvalue weighted by atomic mass is 19.4. The maximum atomic E-state index is 12.8. The van der Waals surface area contributed by atoms with E-state index in [1.165, 1.54) is 0 Å². The van der Waals surface area contributed by atoms with Gasteiger partial charge in [-0.3, -0.25) is 4.79 Å². The van der Waals surface area contributed by atoms with Crippen molar-refractivity contribution < 1.29 is 27.9 Å². The number of amides is 1. The van der Waals surface area contributed by atoms with Gasteiger partial charge in [0.15, 0.2) is 0 Å². The van der Waals surface area contributed by atoms with Crippen LogP contribution in [0.1, 0.15) is 59.3 Å². The molecule has 3 unspecified atom stereocenters. The van der Waals surface area contributed by atoms with Crippen LogP contribution in [-0.2, 0) is 9.59 Å². The van der Waals surface area contributed by atoms with E-state index in [4.69, 9.17) is 0 Å². The van der Waals surface area contributed by atoms with Gasteiger partial charge >= 0.3 is 12.1 Å². The SMILES string of the molecule is CC(C)(C)CCC(NC(=O)C1CCCC(C(F)(F)F)C1)C(=O)O. The van der Waals surface area contributed by atoms with Gasteiger partial charge in [0.05, 0.1) is 5.92 Å². The van der Waals surface area contributed by atoms with Gasteiger partial charge in [-0.1, -0.05) is 27.2 Å². The molecule has 2 N–H and O–H groups in total. The number of nitrogens with one attached hydrogen (secondary N) is 1. The van der Waals surface area contributed by atoms with Gasteiger partial charge in [-0.05, 0) is 37.5 Å². The van der Waals surface area contributed by atoms with Gasteiger partial charge in [-0.2, -0.15) is 13.2 Å². The summed E-state index contributed by atoms with van der Waals surface area (Å²) in [6.07, 6.45) is -2.93. The van der Waals surface area contributed by atoms with Crippen LogP contribution in [0.25, 0.3) is 0 Å². The van der Waals surface area contributed by atoms with E-state index >= 15 is 0 Å². The van der Waals surface area contributed by atoms with Gasteiger partial charge in [-0.25, -0.2) is 4.79 Å². The summed E-state index contributed by atoms with van der Waals surface area (Å²) in [4.78, 5) is 23.4. The van der Waals surface area contributed by atoms with Gasteiger partial charge in [-0.15, -0.1) is 0 Å². The summed E-state index contributed by atoms with van der Waals surface area (Å²) in [6.45, 7) is 5.88. The largest absolute Gasteiger partial charge is 0.480 e. The number of carboxylic acids is 1. The third-order valence-corrected chi connectivity index (χ3v) is 4.31. The summed E-state index contributed by atoms with van der Waals surface area (Å²) in [5, 5.41) is 11.6. The average molecular weight is 337 g/mol. The Bertz CT molecular complexity index is 429. The number of carboxylic acid groups (broad SMARTS) is 1. The Balaban J connectivity index is 2.62. The van der Waals surface area contributed by atoms with Crippen LogP contribution in [0.15, 0.2) is 0 Å². The van der Waals surface area contributed by atoms with Crippen LogP contribution in [-0.4, -0.2) is 29.2 Å². The summed E-state index contributed by atoms with van der Waals surface area (Å²) >= 11 is 0. The molecule has 0 aromatic rings. The first kappa shape index (κ1) is 19.8. The molecule has 0 radical (unpaired) electrons. The van der Waals surface area contributed by atoms with E-state index in [0.29, 0.717) is 19.3 Å². The number of rotatable bonds is 5. The minimum atomic E-state index is -4.29. The van der Waals surface area contributed by atoms with Crippen LogP contribution >= 0.6 is 0 Å². The quantitative estimate of drug-likeness (QED) is 0.803. The van der Waals surface area contributed by atoms with Crippen molar-refractivity contribution in [3.05, 3.63) is 0 Å². The molecule has 1 rings (SSSR count). The lowest BCUT2D eigenvalue weighted by Crippen LogP contribution is -2.45. The molecule has 134 valence electrons. The van der Waals surface area contributed by atoms with Crippen LogP contribution in [0, 0.1) is 17.3 Å². The Hall–Kier alpha value is -1.27. The Morgan fingerprint density at radius 3 is 2.30 bits per heavy atom.